The summed E-state index contributed by atoms with van der Waals surface area (Å²) in [7, 11) is -1.47. The van der Waals surface area contributed by atoms with Gasteiger partial charge < -0.3 is 4.74 Å². The molecule has 0 saturated carbocycles. The van der Waals surface area contributed by atoms with E-state index in [4.69, 9.17) is 4.74 Å². The summed E-state index contributed by atoms with van der Waals surface area (Å²) in [5.74, 6) is 1.08. The van der Waals surface area contributed by atoms with Crippen LogP contribution >= 0.6 is 0 Å². The van der Waals surface area contributed by atoms with Crippen LogP contribution in [0.25, 0.3) is 11.1 Å². The molecule has 2 aliphatic carbocycles. The molecule has 2 rings (SSSR count). The standard InChI is InChI=1S/C7H6O.C3H8O3S/c1-8-7-5-3-2-4-6(5)7;1-3-6-7(2,4)5/h2-4H,1H3;3H2,1-2H3. The SMILES string of the molecule is CCOS(C)(=O)=O.COc1c2cccc1-2. The van der Waals surface area contributed by atoms with Gasteiger partial charge in [-0.2, -0.15) is 8.42 Å². The third-order valence-corrected chi connectivity index (χ3v) is 2.44. The van der Waals surface area contributed by atoms with Crippen molar-refractivity contribution in [1.82, 2.24) is 0 Å². The number of hydrogen-bond donors (Lipinski definition) is 0. The number of ether oxygens (including phenoxy) is 1. The Kier molecular flexibility index (Phi) is 3.71. The highest BCUT2D eigenvalue weighted by Crippen LogP contribution is 2.50. The normalized spacial score (nSPS) is 11.4. The molecule has 0 aromatic rings. The lowest BCUT2D eigenvalue weighted by Gasteiger charge is -1.90. The molecule has 2 aliphatic rings. The van der Waals surface area contributed by atoms with E-state index in [-0.39, 0.29) is 6.61 Å². The molecule has 0 heterocycles. The zero-order valence-corrected chi connectivity index (χ0v) is 9.80. The Hall–Kier alpha value is -1.07. The zero-order chi connectivity index (χ0) is 11.5. The van der Waals surface area contributed by atoms with Gasteiger partial charge in [-0.1, -0.05) is 18.2 Å². The molecule has 0 N–H and O–H groups in total. The van der Waals surface area contributed by atoms with Gasteiger partial charge in [-0.15, -0.1) is 0 Å². The monoisotopic (exact) mass is 230 g/mol. The van der Waals surface area contributed by atoms with Crippen molar-refractivity contribution < 1.29 is 17.3 Å². The first kappa shape index (κ1) is 12.0. The maximum Gasteiger partial charge on any atom is 0.264 e. The number of fused-ring (bicyclic) bond motifs is 1. The van der Waals surface area contributed by atoms with Gasteiger partial charge in [0, 0.05) is 11.1 Å². The van der Waals surface area contributed by atoms with E-state index in [9.17, 15) is 8.42 Å². The first-order chi connectivity index (χ1) is 6.99. The third kappa shape index (κ3) is 3.53. The minimum Gasteiger partial charge on any atom is -0.495 e. The molecule has 0 aliphatic heterocycles. The van der Waals surface area contributed by atoms with Crippen LogP contribution in [0.4, 0.5) is 0 Å². The summed E-state index contributed by atoms with van der Waals surface area (Å²) in [5, 5.41) is 0. The van der Waals surface area contributed by atoms with Crippen LogP contribution in [-0.2, 0) is 14.3 Å². The molecule has 5 heteroatoms. The number of methoxy groups -OCH3 is 1. The Morgan fingerprint density at radius 2 is 1.80 bits per heavy atom. The molecule has 0 fully saturated rings. The molecule has 0 saturated heterocycles. The Morgan fingerprint density at radius 1 is 1.27 bits per heavy atom. The van der Waals surface area contributed by atoms with Crippen LogP contribution in [0.3, 0.4) is 0 Å². The van der Waals surface area contributed by atoms with Gasteiger partial charge >= 0.3 is 0 Å². The molecule has 0 bridgehead atoms. The number of rotatable bonds is 3. The van der Waals surface area contributed by atoms with Gasteiger partial charge in [0.15, 0.2) is 0 Å². The average molecular weight is 230 g/mol. The van der Waals surface area contributed by atoms with Crippen molar-refractivity contribution in [3.8, 4) is 16.9 Å². The van der Waals surface area contributed by atoms with E-state index < -0.39 is 10.1 Å². The lowest BCUT2D eigenvalue weighted by molar-refractivity contribution is 0.342. The maximum absolute atomic E-state index is 10.0. The fourth-order valence-corrected chi connectivity index (χ4v) is 1.63. The summed E-state index contributed by atoms with van der Waals surface area (Å²) < 4.78 is 29.2. The summed E-state index contributed by atoms with van der Waals surface area (Å²) in [6.07, 6.45) is 1.02. The van der Waals surface area contributed by atoms with Crippen molar-refractivity contribution in [2.75, 3.05) is 20.0 Å². The summed E-state index contributed by atoms with van der Waals surface area (Å²) >= 11 is 0. The molecule has 0 amide bonds. The summed E-state index contributed by atoms with van der Waals surface area (Å²) in [6.45, 7) is 1.85. The zero-order valence-electron chi connectivity index (χ0n) is 8.98. The summed E-state index contributed by atoms with van der Waals surface area (Å²) in [6, 6.07) is 6.16. The van der Waals surface area contributed by atoms with Crippen LogP contribution in [0.2, 0.25) is 0 Å². The van der Waals surface area contributed by atoms with Gasteiger partial charge in [0.05, 0.1) is 20.0 Å². The van der Waals surface area contributed by atoms with Gasteiger partial charge in [0.2, 0.25) is 0 Å². The largest absolute Gasteiger partial charge is 0.495 e. The number of para-hydroxylation sites is 1. The summed E-state index contributed by atoms with van der Waals surface area (Å²) in [4.78, 5) is 0. The van der Waals surface area contributed by atoms with Crippen LogP contribution in [0.5, 0.6) is 5.75 Å². The molecular formula is C10H14O4S. The van der Waals surface area contributed by atoms with Gasteiger partial charge in [-0.25, -0.2) is 0 Å². The van der Waals surface area contributed by atoms with E-state index in [1.807, 2.05) is 6.07 Å². The molecular weight excluding hydrogens is 216 g/mol. The maximum atomic E-state index is 10.0. The Bertz CT molecular complexity index is 416. The first-order valence-electron chi connectivity index (χ1n) is 4.51. The smallest absolute Gasteiger partial charge is 0.264 e. The molecule has 0 radical (unpaired) electrons. The minimum absolute atomic E-state index is 0.221. The molecule has 0 atom stereocenters. The van der Waals surface area contributed by atoms with Crippen LogP contribution in [-0.4, -0.2) is 28.4 Å². The van der Waals surface area contributed by atoms with E-state index >= 15 is 0 Å². The molecule has 15 heavy (non-hydrogen) atoms. The second kappa shape index (κ2) is 4.63. The van der Waals surface area contributed by atoms with Crippen LogP contribution in [0.15, 0.2) is 18.2 Å². The van der Waals surface area contributed by atoms with E-state index in [1.165, 1.54) is 11.1 Å². The van der Waals surface area contributed by atoms with Gasteiger partial charge in [0.25, 0.3) is 10.1 Å². The van der Waals surface area contributed by atoms with Gasteiger partial charge in [-0.05, 0) is 6.92 Å². The lowest BCUT2D eigenvalue weighted by atomic mass is 10.6. The van der Waals surface area contributed by atoms with Crippen molar-refractivity contribution in [3.05, 3.63) is 18.2 Å². The number of benzene rings is 1. The Morgan fingerprint density at radius 3 is 2.00 bits per heavy atom. The van der Waals surface area contributed by atoms with Crippen molar-refractivity contribution in [2.45, 2.75) is 6.92 Å². The fraction of sp³-hybridized carbons (Fsp3) is 0.400. The van der Waals surface area contributed by atoms with E-state index in [1.54, 1.807) is 14.0 Å². The molecule has 0 aromatic carbocycles. The Labute approximate surface area is 90.0 Å². The predicted octanol–water partition coefficient (Wildman–Crippen LogP) is 1.66. The van der Waals surface area contributed by atoms with Crippen LogP contribution in [0, 0.1) is 0 Å². The second-order valence-electron chi connectivity index (χ2n) is 3.00. The van der Waals surface area contributed by atoms with Crippen molar-refractivity contribution in [3.63, 3.8) is 0 Å². The molecule has 0 spiro atoms. The first-order valence-corrected chi connectivity index (χ1v) is 6.33. The highest BCUT2D eigenvalue weighted by atomic mass is 32.2. The molecule has 0 unspecified atom stereocenters. The van der Waals surface area contributed by atoms with Crippen molar-refractivity contribution in [2.24, 2.45) is 0 Å². The van der Waals surface area contributed by atoms with Crippen molar-refractivity contribution in [1.29, 1.82) is 0 Å². The fourth-order valence-electron chi connectivity index (χ4n) is 1.20. The average Bonchev–Trinajstić information content (AvgIpc) is 2.55. The summed E-state index contributed by atoms with van der Waals surface area (Å²) in [5.41, 5.74) is 2.57. The topological polar surface area (TPSA) is 52.6 Å². The second-order valence-corrected chi connectivity index (χ2v) is 4.64. The van der Waals surface area contributed by atoms with Crippen LogP contribution < -0.4 is 4.74 Å². The molecule has 84 valence electrons. The van der Waals surface area contributed by atoms with Crippen molar-refractivity contribution >= 4 is 10.1 Å². The highest BCUT2D eigenvalue weighted by Gasteiger charge is 2.23. The minimum atomic E-state index is -3.17. The van der Waals surface area contributed by atoms with E-state index in [2.05, 4.69) is 16.3 Å². The van der Waals surface area contributed by atoms with Gasteiger partial charge in [-0.3, -0.25) is 4.18 Å². The van der Waals surface area contributed by atoms with E-state index in [0.29, 0.717) is 0 Å². The molecule has 4 nitrogen and oxygen atoms in total. The predicted molar refractivity (Wildman–Crippen MR) is 58.5 cm³/mol. The third-order valence-electron chi connectivity index (χ3n) is 1.78. The Balaban J connectivity index is 0.000000153. The van der Waals surface area contributed by atoms with Crippen LogP contribution in [0.1, 0.15) is 6.92 Å². The lowest BCUT2D eigenvalue weighted by Crippen LogP contribution is -2.00. The molecule has 0 aromatic heterocycles. The quantitative estimate of drug-likeness (QED) is 0.752. The van der Waals surface area contributed by atoms with E-state index in [0.717, 1.165) is 12.0 Å². The highest BCUT2D eigenvalue weighted by molar-refractivity contribution is 7.85. The van der Waals surface area contributed by atoms with Gasteiger partial charge in [0.1, 0.15) is 5.75 Å². The number of hydrogen-bond acceptors (Lipinski definition) is 4.